The number of hydrogen-bond acceptors (Lipinski definition) is 7. The molecule has 0 radical (unpaired) electrons. The molecule has 0 aliphatic heterocycles. The summed E-state index contributed by atoms with van der Waals surface area (Å²) in [7, 11) is 0. The van der Waals surface area contributed by atoms with Crippen LogP contribution in [-0.2, 0) is 9.53 Å². The molecule has 1 amide bonds. The van der Waals surface area contributed by atoms with E-state index in [-0.39, 0.29) is 11.6 Å². The Morgan fingerprint density at radius 3 is 2.61 bits per heavy atom. The lowest BCUT2D eigenvalue weighted by molar-refractivity contribution is -0.137. The molecule has 0 bridgehead atoms. The van der Waals surface area contributed by atoms with Gasteiger partial charge in [-0.2, -0.15) is 0 Å². The van der Waals surface area contributed by atoms with E-state index in [1.807, 2.05) is 24.3 Å². The summed E-state index contributed by atoms with van der Waals surface area (Å²) in [5, 5.41) is 3.47. The largest absolute Gasteiger partial charge is 0.463 e. The van der Waals surface area contributed by atoms with Crippen molar-refractivity contribution in [2.45, 2.75) is 6.92 Å². The summed E-state index contributed by atoms with van der Waals surface area (Å²) in [6.07, 6.45) is 6.04. The van der Waals surface area contributed by atoms with Gasteiger partial charge in [-0.3, -0.25) is 4.79 Å². The van der Waals surface area contributed by atoms with Crippen molar-refractivity contribution in [3.8, 4) is 10.7 Å². The minimum Gasteiger partial charge on any atom is -0.463 e. The van der Waals surface area contributed by atoms with Gasteiger partial charge in [0.15, 0.2) is 5.69 Å². The lowest BCUT2D eigenvalue weighted by Crippen LogP contribution is -2.15. The van der Waals surface area contributed by atoms with Gasteiger partial charge in [0.05, 0.1) is 16.8 Å². The fourth-order valence-corrected chi connectivity index (χ4v) is 3.82. The number of ether oxygens (including phenoxy) is 1. The number of nitrogens with one attached hydrogen (secondary N) is 1. The Kier molecular flexibility index (Phi) is 6.09. The second-order valence-electron chi connectivity index (χ2n) is 6.40. The molecule has 154 valence electrons. The molecule has 4 rings (SSSR count). The third kappa shape index (κ3) is 4.81. The molecule has 0 saturated carbocycles. The molecule has 0 spiro atoms. The van der Waals surface area contributed by atoms with Crippen LogP contribution in [0.2, 0.25) is 0 Å². The first-order valence-electron chi connectivity index (χ1n) is 9.57. The van der Waals surface area contributed by atoms with Crippen LogP contribution in [0.1, 0.15) is 23.0 Å². The highest BCUT2D eigenvalue weighted by Crippen LogP contribution is 2.30. The van der Waals surface area contributed by atoms with Gasteiger partial charge in [-0.05, 0) is 42.8 Å². The third-order valence-electron chi connectivity index (χ3n) is 4.28. The normalized spacial score (nSPS) is 11.0. The van der Waals surface area contributed by atoms with E-state index < -0.39 is 5.97 Å². The van der Waals surface area contributed by atoms with E-state index >= 15 is 0 Å². The Morgan fingerprint density at radius 2 is 1.84 bits per heavy atom. The van der Waals surface area contributed by atoms with Crippen LogP contribution in [0, 0.1) is 0 Å². The van der Waals surface area contributed by atoms with E-state index in [0.29, 0.717) is 23.0 Å². The lowest BCUT2D eigenvalue weighted by Gasteiger charge is -2.07. The van der Waals surface area contributed by atoms with Gasteiger partial charge in [0, 0.05) is 24.2 Å². The van der Waals surface area contributed by atoms with E-state index in [1.165, 1.54) is 23.6 Å². The monoisotopic (exact) mass is 430 g/mol. The predicted molar refractivity (Wildman–Crippen MR) is 121 cm³/mol. The average molecular weight is 430 g/mol. The van der Waals surface area contributed by atoms with E-state index in [4.69, 9.17) is 4.74 Å². The molecule has 4 aromatic rings. The highest BCUT2D eigenvalue weighted by molar-refractivity contribution is 7.21. The topological polar surface area (TPSA) is 94.1 Å². The Labute approximate surface area is 182 Å². The molecule has 0 fully saturated rings. The van der Waals surface area contributed by atoms with Crippen LogP contribution in [-0.4, -0.2) is 33.4 Å². The van der Waals surface area contributed by atoms with Gasteiger partial charge >= 0.3 is 5.97 Å². The number of carbonyl (C=O) groups is 2. The van der Waals surface area contributed by atoms with Crippen LogP contribution in [0.5, 0.6) is 0 Å². The molecule has 2 aromatic heterocycles. The molecular formula is C23H18N4O3S. The van der Waals surface area contributed by atoms with E-state index in [0.717, 1.165) is 15.8 Å². The summed E-state index contributed by atoms with van der Waals surface area (Å²) < 4.78 is 5.87. The van der Waals surface area contributed by atoms with Gasteiger partial charge in [0.2, 0.25) is 0 Å². The highest BCUT2D eigenvalue weighted by atomic mass is 32.1. The number of esters is 1. The summed E-state index contributed by atoms with van der Waals surface area (Å²) >= 11 is 1.46. The maximum absolute atomic E-state index is 12.9. The third-order valence-corrected chi connectivity index (χ3v) is 5.32. The van der Waals surface area contributed by atoms with E-state index in [1.54, 1.807) is 43.5 Å². The minimum absolute atomic E-state index is 0.202. The molecular weight excluding hydrogens is 412 g/mol. The SMILES string of the molecule is CCOC(=O)/C=C/c1ccc(NC(=O)c2nccnc2-c2nc3ccccc3s2)cc1. The number of anilines is 1. The zero-order chi connectivity index (χ0) is 21.6. The van der Waals surface area contributed by atoms with Gasteiger partial charge in [0.25, 0.3) is 5.91 Å². The number of hydrogen-bond donors (Lipinski definition) is 1. The Hall–Kier alpha value is -3.91. The van der Waals surface area contributed by atoms with Crippen molar-refractivity contribution >= 4 is 45.2 Å². The number of carbonyl (C=O) groups excluding carboxylic acids is 2. The fraction of sp³-hybridized carbons (Fsp3) is 0.0870. The summed E-state index contributed by atoms with van der Waals surface area (Å²) in [5.41, 5.74) is 2.90. The maximum Gasteiger partial charge on any atom is 0.330 e. The van der Waals surface area contributed by atoms with Crippen molar-refractivity contribution < 1.29 is 14.3 Å². The Balaban J connectivity index is 1.52. The van der Waals surface area contributed by atoms with Crippen LogP contribution < -0.4 is 5.32 Å². The number of fused-ring (bicyclic) bond motifs is 1. The molecule has 0 aliphatic rings. The average Bonchev–Trinajstić information content (AvgIpc) is 3.23. The number of rotatable bonds is 6. The zero-order valence-electron chi connectivity index (χ0n) is 16.6. The van der Waals surface area contributed by atoms with Crippen molar-refractivity contribution in [2.24, 2.45) is 0 Å². The number of para-hydroxylation sites is 1. The number of amides is 1. The van der Waals surface area contributed by atoms with Crippen molar-refractivity contribution in [1.29, 1.82) is 0 Å². The predicted octanol–water partition coefficient (Wildman–Crippen LogP) is 4.58. The summed E-state index contributed by atoms with van der Waals surface area (Å²) in [4.78, 5) is 37.5. The number of benzene rings is 2. The molecule has 0 aliphatic carbocycles. The molecule has 0 saturated heterocycles. The smallest absolute Gasteiger partial charge is 0.330 e. The van der Waals surface area contributed by atoms with Gasteiger partial charge in [-0.15, -0.1) is 11.3 Å². The van der Waals surface area contributed by atoms with Crippen molar-refractivity contribution in [2.75, 3.05) is 11.9 Å². The first kappa shape index (κ1) is 20.4. The van der Waals surface area contributed by atoms with Crippen LogP contribution in [0.4, 0.5) is 5.69 Å². The van der Waals surface area contributed by atoms with Gasteiger partial charge in [-0.1, -0.05) is 24.3 Å². The maximum atomic E-state index is 12.9. The molecule has 7 nitrogen and oxygen atoms in total. The first-order chi connectivity index (χ1) is 15.1. The Morgan fingerprint density at radius 1 is 1.06 bits per heavy atom. The minimum atomic E-state index is -0.398. The fourth-order valence-electron chi connectivity index (χ4n) is 2.86. The standard InChI is InChI=1S/C23H18N4O3S/c1-2-30-19(28)12-9-15-7-10-16(11-8-15)26-22(29)20-21(25-14-13-24-20)23-27-17-5-3-4-6-18(17)31-23/h3-14H,2H2,1H3,(H,26,29)/b12-9+. The molecule has 31 heavy (non-hydrogen) atoms. The molecule has 0 unspecified atom stereocenters. The number of nitrogens with zero attached hydrogens (tertiary/aromatic N) is 3. The van der Waals surface area contributed by atoms with Crippen molar-refractivity contribution in [3.05, 3.63) is 78.3 Å². The second-order valence-corrected chi connectivity index (χ2v) is 7.43. The lowest BCUT2D eigenvalue weighted by atomic mass is 10.2. The first-order valence-corrected chi connectivity index (χ1v) is 10.4. The van der Waals surface area contributed by atoms with Gasteiger partial charge in [0.1, 0.15) is 10.7 Å². The second kappa shape index (κ2) is 9.27. The van der Waals surface area contributed by atoms with E-state index in [9.17, 15) is 9.59 Å². The molecule has 8 heteroatoms. The summed E-state index contributed by atoms with van der Waals surface area (Å²) in [5.74, 6) is -0.776. The van der Waals surface area contributed by atoms with Crippen molar-refractivity contribution in [1.82, 2.24) is 15.0 Å². The molecule has 2 heterocycles. The summed E-state index contributed by atoms with van der Waals surface area (Å²) in [6, 6.07) is 14.8. The van der Waals surface area contributed by atoms with Crippen LogP contribution in [0.15, 0.2) is 67.0 Å². The molecule has 0 atom stereocenters. The molecule has 2 aromatic carbocycles. The van der Waals surface area contributed by atoms with Gasteiger partial charge in [-0.25, -0.2) is 19.7 Å². The van der Waals surface area contributed by atoms with Crippen LogP contribution in [0.25, 0.3) is 27.0 Å². The number of thiazole rings is 1. The quantitative estimate of drug-likeness (QED) is 0.355. The van der Waals surface area contributed by atoms with Gasteiger partial charge < -0.3 is 10.1 Å². The number of aromatic nitrogens is 3. The Bertz CT molecular complexity index is 1230. The van der Waals surface area contributed by atoms with Crippen LogP contribution >= 0.6 is 11.3 Å². The summed E-state index contributed by atoms with van der Waals surface area (Å²) in [6.45, 7) is 2.08. The van der Waals surface area contributed by atoms with E-state index in [2.05, 4.69) is 20.3 Å². The zero-order valence-corrected chi connectivity index (χ0v) is 17.4. The van der Waals surface area contributed by atoms with Crippen molar-refractivity contribution in [3.63, 3.8) is 0 Å². The molecule has 1 N–H and O–H groups in total. The van der Waals surface area contributed by atoms with Crippen LogP contribution in [0.3, 0.4) is 0 Å². The highest BCUT2D eigenvalue weighted by Gasteiger charge is 2.19.